The Hall–Kier alpha value is -2.22. The summed E-state index contributed by atoms with van der Waals surface area (Å²) in [7, 11) is 0. The smallest absolute Gasteiger partial charge is 0.312 e. The summed E-state index contributed by atoms with van der Waals surface area (Å²) in [5, 5.41) is 39.6. The Kier molecular flexibility index (Phi) is 10.9. The van der Waals surface area contributed by atoms with Crippen LogP contribution in [0.25, 0.3) is 0 Å². The van der Waals surface area contributed by atoms with Gasteiger partial charge in [0.1, 0.15) is 6.10 Å². The second-order valence-electron chi connectivity index (χ2n) is 10.2. The second kappa shape index (κ2) is 13.2. The fourth-order valence-electron chi connectivity index (χ4n) is 5.59. The van der Waals surface area contributed by atoms with Crippen LogP contribution in [-0.2, 0) is 14.3 Å². The molecule has 0 amide bonds. The highest BCUT2D eigenvalue weighted by Gasteiger charge is 2.44. The molecule has 0 radical (unpaired) electrons. The summed E-state index contributed by atoms with van der Waals surface area (Å²) in [6, 6.07) is 0. The number of fused-ring (bicyclic) bond motifs is 1. The van der Waals surface area contributed by atoms with E-state index in [1.165, 1.54) is 0 Å². The number of aliphatic carboxylic acids is 1. The maximum absolute atomic E-state index is 13.4. The van der Waals surface area contributed by atoms with Crippen molar-refractivity contribution in [2.75, 3.05) is 0 Å². The van der Waals surface area contributed by atoms with E-state index in [0.717, 1.165) is 5.57 Å². The van der Waals surface area contributed by atoms with Crippen LogP contribution in [0.4, 0.5) is 0 Å². The summed E-state index contributed by atoms with van der Waals surface area (Å²) in [6.45, 7) is 11.6. The lowest BCUT2D eigenvalue weighted by Crippen LogP contribution is -2.45. The maximum atomic E-state index is 13.4. The van der Waals surface area contributed by atoms with Gasteiger partial charge in [-0.1, -0.05) is 44.2 Å². The number of carboxylic acids is 1. The molecule has 2 aliphatic rings. The Morgan fingerprint density at radius 1 is 1.23 bits per heavy atom. The van der Waals surface area contributed by atoms with E-state index in [9.17, 15) is 24.9 Å². The van der Waals surface area contributed by atoms with Crippen molar-refractivity contribution in [3.8, 4) is 0 Å². The van der Waals surface area contributed by atoms with Gasteiger partial charge in [0.05, 0.1) is 30.1 Å². The van der Waals surface area contributed by atoms with Gasteiger partial charge >= 0.3 is 11.9 Å². The van der Waals surface area contributed by atoms with E-state index in [0.29, 0.717) is 38.5 Å². The highest BCUT2D eigenvalue weighted by Crippen LogP contribution is 2.45. The Bertz CT molecular complexity index is 804. The van der Waals surface area contributed by atoms with Gasteiger partial charge in [0.15, 0.2) is 0 Å². The number of esters is 1. The molecule has 0 aromatic rings. The number of carbonyl (C=O) groups is 2. The SMILES string of the molecule is C=CCC(CC)(CC=C)C(=O)O[C@H]1C[C@H](O)C=C2C=C[C@H](C)[C@H](CC[C@@H](O)C[C@@H](O)CC(=O)O)[C@H]21. The van der Waals surface area contributed by atoms with Gasteiger partial charge in [0, 0.05) is 12.3 Å². The molecule has 0 bridgehead atoms. The molecule has 35 heavy (non-hydrogen) atoms. The van der Waals surface area contributed by atoms with Crippen molar-refractivity contribution in [1.29, 1.82) is 0 Å². The molecule has 7 atom stereocenters. The molecule has 0 aliphatic heterocycles. The molecule has 0 saturated heterocycles. The normalized spacial score (nSPS) is 27.8. The molecule has 0 aromatic carbocycles. The lowest BCUT2D eigenvalue weighted by molar-refractivity contribution is -0.167. The first-order valence-corrected chi connectivity index (χ1v) is 12.7. The highest BCUT2D eigenvalue weighted by atomic mass is 16.5. The molecular weight excluding hydrogens is 448 g/mol. The molecule has 196 valence electrons. The minimum Gasteiger partial charge on any atom is -0.481 e. The van der Waals surface area contributed by atoms with Crippen molar-refractivity contribution in [2.24, 2.45) is 23.2 Å². The predicted octanol–water partition coefficient (Wildman–Crippen LogP) is 3.94. The highest BCUT2D eigenvalue weighted by molar-refractivity contribution is 5.77. The molecule has 0 unspecified atom stereocenters. The van der Waals surface area contributed by atoms with Gasteiger partial charge in [-0.2, -0.15) is 0 Å². The molecule has 2 aliphatic carbocycles. The zero-order chi connectivity index (χ0) is 26.2. The number of ether oxygens (including phenoxy) is 1. The van der Waals surface area contributed by atoms with Crippen LogP contribution in [0, 0.1) is 23.2 Å². The predicted molar refractivity (Wildman–Crippen MR) is 134 cm³/mol. The summed E-state index contributed by atoms with van der Waals surface area (Å²) in [5.74, 6) is -1.33. The topological polar surface area (TPSA) is 124 Å². The quantitative estimate of drug-likeness (QED) is 0.215. The van der Waals surface area contributed by atoms with E-state index in [1.54, 1.807) is 12.2 Å². The van der Waals surface area contributed by atoms with Gasteiger partial charge in [-0.25, -0.2) is 0 Å². The van der Waals surface area contributed by atoms with Gasteiger partial charge in [-0.3, -0.25) is 9.59 Å². The lowest BCUT2D eigenvalue weighted by Gasteiger charge is -2.44. The van der Waals surface area contributed by atoms with E-state index in [2.05, 4.69) is 26.2 Å². The summed E-state index contributed by atoms with van der Waals surface area (Å²) in [6.07, 6.45) is 8.59. The number of carbonyl (C=O) groups excluding carboxylic acids is 1. The molecule has 0 saturated carbocycles. The molecular formula is C28H42O7. The van der Waals surface area contributed by atoms with Crippen LogP contribution in [0.1, 0.15) is 65.2 Å². The van der Waals surface area contributed by atoms with E-state index < -0.39 is 42.2 Å². The third-order valence-electron chi connectivity index (χ3n) is 7.60. The van der Waals surface area contributed by atoms with Crippen LogP contribution in [0.2, 0.25) is 0 Å². The van der Waals surface area contributed by atoms with Gasteiger partial charge in [-0.15, -0.1) is 13.2 Å². The van der Waals surface area contributed by atoms with Crippen molar-refractivity contribution < 1.29 is 34.8 Å². The fraction of sp³-hybridized carbons (Fsp3) is 0.643. The largest absolute Gasteiger partial charge is 0.481 e. The minimum absolute atomic E-state index is 0.00411. The number of aliphatic hydroxyl groups is 3. The number of rotatable bonds is 14. The average molecular weight is 491 g/mol. The Labute approximate surface area is 208 Å². The molecule has 7 nitrogen and oxygen atoms in total. The molecule has 0 heterocycles. The first kappa shape index (κ1) is 29.0. The van der Waals surface area contributed by atoms with Crippen LogP contribution >= 0.6 is 0 Å². The van der Waals surface area contributed by atoms with E-state index in [1.807, 2.05) is 19.1 Å². The van der Waals surface area contributed by atoms with Crippen LogP contribution in [0.15, 0.2) is 49.1 Å². The van der Waals surface area contributed by atoms with Crippen molar-refractivity contribution in [3.05, 3.63) is 49.1 Å². The molecule has 7 heteroatoms. The summed E-state index contributed by atoms with van der Waals surface area (Å²) in [5.41, 5.74) is 0.192. The molecule has 2 rings (SSSR count). The third kappa shape index (κ3) is 7.63. The standard InChI is InChI=1S/C28H42O7/c1-5-12-28(7-3,13-6-2)27(34)35-24-16-21(30)14-19-9-8-18(4)23(26(19)24)11-10-20(29)15-22(31)17-25(32)33/h5-6,8-9,14,18,20-24,26,29-31H,1-2,7,10-13,15-17H2,3-4H3,(H,32,33)/t18-,20+,21+,22+,23-,24-,26-/m0/s1. The van der Waals surface area contributed by atoms with Crippen LogP contribution in [0.5, 0.6) is 0 Å². The third-order valence-corrected chi connectivity index (χ3v) is 7.60. The van der Waals surface area contributed by atoms with Gasteiger partial charge in [0.2, 0.25) is 0 Å². The van der Waals surface area contributed by atoms with Crippen LogP contribution < -0.4 is 0 Å². The van der Waals surface area contributed by atoms with Crippen LogP contribution in [-0.4, -0.2) is 56.8 Å². The zero-order valence-corrected chi connectivity index (χ0v) is 21.0. The lowest BCUT2D eigenvalue weighted by atomic mass is 9.66. The van der Waals surface area contributed by atoms with Crippen molar-refractivity contribution >= 4 is 11.9 Å². The van der Waals surface area contributed by atoms with Gasteiger partial charge < -0.3 is 25.2 Å². The van der Waals surface area contributed by atoms with Gasteiger partial charge in [0.25, 0.3) is 0 Å². The number of carboxylic acid groups (broad SMARTS) is 1. The monoisotopic (exact) mass is 490 g/mol. The first-order chi connectivity index (χ1) is 16.6. The maximum Gasteiger partial charge on any atom is 0.312 e. The number of allylic oxidation sites excluding steroid dienone is 4. The summed E-state index contributed by atoms with van der Waals surface area (Å²) >= 11 is 0. The second-order valence-corrected chi connectivity index (χ2v) is 10.2. The van der Waals surface area contributed by atoms with E-state index >= 15 is 0 Å². The number of hydrogen-bond donors (Lipinski definition) is 4. The molecule has 0 spiro atoms. The average Bonchev–Trinajstić information content (AvgIpc) is 2.77. The van der Waals surface area contributed by atoms with Crippen molar-refractivity contribution in [3.63, 3.8) is 0 Å². The Balaban J connectivity index is 2.21. The fourth-order valence-corrected chi connectivity index (χ4v) is 5.59. The Morgan fingerprint density at radius 2 is 1.89 bits per heavy atom. The van der Waals surface area contributed by atoms with Crippen molar-refractivity contribution in [2.45, 2.75) is 89.6 Å². The van der Waals surface area contributed by atoms with Crippen LogP contribution in [0.3, 0.4) is 0 Å². The first-order valence-electron chi connectivity index (χ1n) is 12.7. The van der Waals surface area contributed by atoms with E-state index in [-0.39, 0.29) is 30.1 Å². The molecule has 4 N–H and O–H groups in total. The van der Waals surface area contributed by atoms with Crippen molar-refractivity contribution in [1.82, 2.24) is 0 Å². The minimum atomic E-state index is -1.10. The zero-order valence-electron chi connectivity index (χ0n) is 21.0. The van der Waals surface area contributed by atoms with Gasteiger partial charge in [-0.05, 0) is 55.9 Å². The number of aliphatic hydroxyl groups excluding tert-OH is 3. The number of hydrogen-bond acceptors (Lipinski definition) is 6. The van der Waals surface area contributed by atoms with E-state index in [4.69, 9.17) is 9.84 Å². The summed E-state index contributed by atoms with van der Waals surface area (Å²) < 4.78 is 6.15. The molecule has 0 aromatic heterocycles. The molecule has 0 fully saturated rings. The summed E-state index contributed by atoms with van der Waals surface area (Å²) in [4.78, 5) is 24.2. The Morgan fingerprint density at radius 3 is 2.46 bits per heavy atom.